The van der Waals surface area contributed by atoms with Crippen LogP contribution in [0.1, 0.15) is 6.92 Å². The maximum absolute atomic E-state index is 5.69. The third-order valence-electron chi connectivity index (χ3n) is 2.70. The largest absolute Gasteiger partial charge is 0.481 e. The minimum atomic E-state index is 0.0357. The molecule has 0 bridgehead atoms. The minimum absolute atomic E-state index is 0.0357. The molecule has 6 nitrogen and oxygen atoms in total. The summed E-state index contributed by atoms with van der Waals surface area (Å²) in [5.41, 5.74) is 5.64. The van der Waals surface area contributed by atoms with Crippen molar-refractivity contribution in [2.75, 3.05) is 31.6 Å². The zero-order valence-electron chi connectivity index (χ0n) is 10.2. The van der Waals surface area contributed by atoms with Gasteiger partial charge in [0.2, 0.25) is 11.8 Å². The van der Waals surface area contributed by atoms with E-state index in [-0.39, 0.29) is 12.2 Å². The number of nitrogens with two attached hydrogens (primary N) is 1. The SMILES string of the molecule is COc1ccnc(N2CC(C)OC(CN)C2)n1. The smallest absolute Gasteiger partial charge is 0.228 e. The summed E-state index contributed by atoms with van der Waals surface area (Å²) in [5.74, 6) is 1.23. The molecule has 1 aliphatic rings. The van der Waals surface area contributed by atoms with Crippen LogP contribution in [0.4, 0.5) is 5.95 Å². The van der Waals surface area contributed by atoms with E-state index in [1.807, 2.05) is 6.92 Å². The highest BCUT2D eigenvalue weighted by atomic mass is 16.5. The lowest BCUT2D eigenvalue weighted by Crippen LogP contribution is -2.49. The van der Waals surface area contributed by atoms with Crippen LogP contribution in [-0.4, -0.2) is 48.9 Å². The predicted molar refractivity (Wildman–Crippen MR) is 64.2 cm³/mol. The number of hydrogen-bond donors (Lipinski definition) is 1. The molecule has 0 aliphatic carbocycles. The quantitative estimate of drug-likeness (QED) is 0.801. The fourth-order valence-corrected chi connectivity index (χ4v) is 1.94. The van der Waals surface area contributed by atoms with E-state index in [0.717, 1.165) is 6.54 Å². The highest BCUT2D eigenvalue weighted by molar-refractivity contribution is 5.33. The van der Waals surface area contributed by atoms with Gasteiger partial charge in [-0.2, -0.15) is 4.98 Å². The van der Waals surface area contributed by atoms with E-state index >= 15 is 0 Å². The fraction of sp³-hybridized carbons (Fsp3) is 0.636. The Bertz CT molecular complexity index is 374. The molecule has 0 spiro atoms. The first-order valence-electron chi connectivity index (χ1n) is 5.70. The lowest BCUT2D eigenvalue weighted by molar-refractivity contribution is -0.0109. The van der Waals surface area contributed by atoms with Crippen LogP contribution >= 0.6 is 0 Å². The number of anilines is 1. The maximum atomic E-state index is 5.69. The van der Waals surface area contributed by atoms with E-state index in [4.69, 9.17) is 15.2 Å². The topological polar surface area (TPSA) is 73.5 Å². The normalized spacial score (nSPS) is 24.8. The van der Waals surface area contributed by atoms with Crippen molar-refractivity contribution in [1.29, 1.82) is 0 Å². The van der Waals surface area contributed by atoms with Gasteiger partial charge in [-0.05, 0) is 6.92 Å². The van der Waals surface area contributed by atoms with Gasteiger partial charge < -0.3 is 20.1 Å². The standard InChI is InChI=1S/C11H18N4O2/c1-8-6-15(7-9(5-12)17-8)11-13-4-3-10(14-11)16-2/h3-4,8-9H,5-7,12H2,1-2H3. The Kier molecular flexibility index (Phi) is 3.75. The second kappa shape index (κ2) is 5.29. The molecule has 94 valence electrons. The first kappa shape index (κ1) is 12.1. The molecule has 0 amide bonds. The first-order valence-corrected chi connectivity index (χ1v) is 5.70. The Labute approximate surface area is 101 Å². The average Bonchev–Trinajstić information content (AvgIpc) is 2.38. The first-order chi connectivity index (χ1) is 8.22. The van der Waals surface area contributed by atoms with Gasteiger partial charge >= 0.3 is 0 Å². The molecule has 17 heavy (non-hydrogen) atoms. The number of nitrogens with zero attached hydrogens (tertiary/aromatic N) is 3. The minimum Gasteiger partial charge on any atom is -0.481 e. The molecule has 0 aromatic carbocycles. The Morgan fingerprint density at radius 3 is 3.12 bits per heavy atom. The van der Waals surface area contributed by atoms with E-state index in [9.17, 15) is 0 Å². The summed E-state index contributed by atoms with van der Waals surface area (Å²) >= 11 is 0. The molecule has 2 rings (SSSR count). The van der Waals surface area contributed by atoms with Crippen molar-refractivity contribution in [3.8, 4) is 5.88 Å². The average molecular weight is 238 g/mol. The zero-order valence-corrected chi connectivity index (χ0v) is 10.2. The molecule has 2 N–H and O–H groups in total. The van der Waals surface area contributed by atoms with Crippen molar-refractivity contribution >= 4 is 5.95 Å². The summed E-state index contributed by atoms with van der Waals surface area (Å²) in [6, 6.07) is 1.73. The van der Waals surface area contributed by atoms with Crippen LogP contribution in [0.2, 0.25) is 0 Å². The molecule has 2 unspecified atom stereocenters. The van der Waals surface area contributed by atoms with Crippen LogP contribution in [0.3, 0.4) is 0 Å². The van der Waals surface area contributed by atoms with Crippen molar-refractivity contribution in [3.63, 3.8) is 0 Å². The molecule has 1 aromatic heterocycles. The molecule has 2 heterocycles. The van der Waals surface area contributed by atoms with Crippen LogP contribution in [0, 0.1) is 0 Å². The number of hydrogen-bond acceptors (Lipinski definition) is 6. The molecule has 2 atom stereocenters. The monoisotopic (exact) mass is 238 g/mol. The van der Waals surface area contributed by atoms with Crippen molar-refractivity contribution < 1.29 is 9.47 Å². The van der Waals surface area contributed by atoms with Gasteiger partial charge in [-0.25, -0.2) is 4.98 Å². The summed E-state index contributed by atoms with van der Waals surface area (Å²) in [6.45, 7) is 4.01. The second-order valence-corrected chi connectivity index (χ2v) is 4.11. The van der Waals surface area contributed by atoms with Crippen LogP contribution < -0.4 is 15.4 Å². The molecule has 1 aromatic rings. The fourth-order valence-electron chi connectivity index (χ4n) is 1.94. The predicted octanol–water partition coefficient (Wildman–Crippen LogP) is 0.0376. The number of ether oxygens (including phenoxy) is 2. The molecule has 1 fully saturated rings. The number of morpholine rings is 1. The van der Waals surface area contributed by atoms with Gasteiger partial charge in [-0.15, -0.1) is 0 Å². The van der Waals surface area contributed by atoms with Crippen LogP contribution in [0.25, 0.3) is 0 Å². The van der Waals surface area contributed by atoms with Crippen molar-refractivity contribution in [3.05, 3.63) is 12.3 Å². The van der Waals surface area contributed by atoms with E-state index in [1.54, 1.807) is 19.4 Å². The molecule has 1 aliphatic heterocycles. The van der Waals surface area contributed by atoms with Crippen molar-refractivity contribution in [1.82, 2.24) is 9.97 Å². The maximum Gasteiger partial charge on any atom is 0.228 e. The van der Waals surface area contributed by atoms with Gasteiger partial charge in [0, 0.05) is 31.9 Å². The zero-order chi connectivity index (χ0) is 12.3. The van der Waals surface area contributed by atoms with E-state index in [2.05, 4.69) is 14.9 Å². The lowest BCUT2D eigenvalue weighted by Gasteiger charge is -2.36. The highest BCUT2D eigenvalue weighted by Crippen LogP contribution is 2.17. The molecule has 0 radical (unpaired) electrons. The Morgan fingerprint density at radius 1 is 1.59 bits per heavy atom. The van der Waals surface area contributed by atoms with Gasteiger partial charge in [0.25, 0.3) is 0 Å². The highest BCUT2D eigenvalue weighted by Gasteiger charge is 2.26. The summed E-state index contributed by atoms with van der Waals surface area (Å²) in [7, 11) is 1.59. The van der Waals surface area contributed by atoms with Gasteiger partial charge in [-0.1, -0.05) is 0 Å². The third kappa shape index (κ3) is 2.83. The van der Waals surface area contributed by atoms with E-state index < -0.39 is 0 Å². The summed E-state index contributed by atoms with van der Waals surface area (Å²) in [6.07, 6.45) is 1.86. The third-order valence-corrected chi connectivity index (χ3v) is 2.70. The van der Waals surface area contributed by atoms with Crippen molar-refractivity contribution in [2.45, 2.75) is 19.1 Å². The van der Waals surface area contributed by atoms with Crippen LogP contribution in [-0.2, 0) is 4.74 Å². The molecular weight excluding hydrogens is 220 g/mol. The summed E-state index contributed by atoms with van der Waals surface area (Å²) < 4.78 is 10.8. The summed E-state index contributed by atoms with van der Waals surface area (Å²) in [4.78, 5) is 10.6. The number of methoxy groups -OCH3 is 1. The van der Waals surface area contributed by atoms with Gasteiger partial charge in [-0.3, -0.25) is 0 Å². The van der Waals surface area contributed by atoms with E-state index in [0.29, 0.717) is 24.9 Å². The molecule has 0 saturated carbocycles. The van der Waals surface area contributed by atoms with E-state index in [1.165, 1.54) is 0 Å². The molecular formula is C11H18N4O2. The Balaban J connectivity index is 2.14. The lowest BCUT2D eigenvalue weighted by atomic mass is 10.2. The van der Waals surface area contributed by atoms with Gasteiger partial charge in [0.05, 0.1) is 19.3 Å². The van der Waals surface area contributed by atoms with Crippen LogP contribution in [0.5, 0.6) is 5.88 Å². The molecule has 1 saturated heterocycles. The molecule has 6 heteroatoms. The Hall–Kier alpha value is -1.40. The van der Waals surface area contributed by atoms with Gasteiger partial charge in [0.15, 0.2) is 0 Å². The van der Waals surface area contributed by atoms with Crippen LogP contribution in [0.15, 0.2) is 12.3 Å². The number of rotatable bonds is 3. The van der Waals surface area contributed by atoms with Gasteiger partial charge in [0.1, 0.15) is 0 Å². The Morgan fingerprint density at radius 2 is 2.41 bits per heavy atom. The number of aromatic nitrogens is 2. The van der Waals surface area contributed by atoms with Crippen molar-refractivity contribution in [2.24, 2.45) is 5.73 Å². The summed E-state index contributed by atoms with van der Waals surface area (Å²) in [5, 5.41) is 0. The second-order valence-electron chi connectivity index (χ2n) is 4.11.